The van der Waals surface area contributed by atoms with Crippen molar-refractivity contribution in [2.24, 2.45) is 5.41 Å². The molecule has 0 aromatic heterocycles. The van der Waals surface area contributed by atoms with Crippen molar-refractivity contribution in [1.82, 2.24) is 10.2 Å². The van der Waals surface area contributed by atoms with Crippen LogP contribution >= 0.6 is 24.0 Å². The van der Waals surface area contributed by atoms with E-state index in [1.165, 1.54) is 5.56 Å². The Bertz CT molecular complexity index is 748. The third-order valence-electron chi connectivity index (χ3n) is 5.89. The van der Waals surface area contributed by atoms with Crippen LogP contribution < -0.4 is 5.32 Å². The van der Waals surface area contributed by atoms with Gasteiger partial charge in [-0.2, -0.15) is 0 Å². The van der Waals surface area contributed by atoms with E-state index in [0.29, 0.717) is 12.0 Å². The van der Waals surface area contributed by atoms with Crippen LogP contribution in [0, 0.1) is 5.41 Å². The first-order valence-corrected chi connectivity index (χ1v) is 9.91. The summed E-state index contributed by atoms with van der Waals surface area (Å²) in [6.45, 7) is 4.17. The number of nitrogens with zero attached hydrogens (tertiary/aromatic N) is 1. The fraction of sp³-hybridized carbons (Fsp3) is 0.435. The highest BCUT2D eigenvalue weighted by Crippen LogP contribution is 2.37. The van der Waals surface area contributed by atoms with Crippen LogP contribution in [0.25, 0.3) is 0 Å². The van der Waals surface area contributed by atoms with Gasteiger partial charge in [-0.15, -0.1) is 24.0 Å². The number of nitrogens with one attached hydrogen (secondary N) is 1. The van der Waals surface area contributed by atoms with Gasteiger partial charge in [-0.25, -0.2) is 0 Å². The maximum Gasteiger partial charge on any atom is 0.234 e. The normalized spacial score (nSPS) is 22.7. The van der Waals surface area contributed by atoms with Crippen molar-refractivity contribution in [3.63, 3.8) is 0 Å². The van der Waals surface area contributed by atoms with Gasteiger partial charge in [0.15, 0.2) is 0 Å². The Kier molecular flexibility index (Phi) is 7.48. The van der Waals surface area contributed by atoms with Gasteiger partial charge in [0.1, 0.15) is 0 Å². The van der Waals surface area contributed by atoms with Gasteiger partial charge in [0.05, 0.1) is 19.2 Å². The van der Waals surface area contributed by atoms with Crippen molar-refractivity contribution in [1.29, 1.82) is 0 Å². The first-order chi connectivity index (χ1) is 13.2. The van der Waals surface area contributed by atoms with E-state index in [1.807, 2.05) is 36.4 Å². The van der Waals surface area contributed by atoms with Crippen LogP contribution in [0.4, 0.5) is 0 Å². The van der Waals surface area contributed by atoms with E-state index in [0.717, 1.165) is 51.1 Å². The molecule has 1 N–H and O–H groups in total. The second-order valence-corrected chi connectivity index (χ2v) is 7.98. The highest BCUT2D eigenvalue weighted by molar-refractivity contribution is 14.0. The number of halogens is 1. The Hall–Kier alpha value is -1.44. The minimum atomic E-state index is -0.00697. The van der Waals surface area contributed by atoms with Crippen molar-refractivity contribution in [3.8, 4) is 0 Å². The second kappa shape index (κ2) is 9.85. The van der Waals surface area contributed by atoms with Crippen LogP contribution in [0.2, 0.25) is 0 Å². The number of benzene rings is 2. The molecule has 0 radical (unpaired) electrons. The fourth-order valence-corrected chi connectivity index (χ4v) is 4.36. The average Bonchev–Trinajstić information content (AvgIpc) is 3.32. The molecule has 4 rings (SSSR count). The van der Waals surface area contributed by atoms with Gasteiger partial charge in [0, 0.05) is 18.6 Å². The van der Waals surface area contributed by atoms with E-state index in [4.69, 9.17) is 4.74 Å². The molecule has 4 nitrogen and oxygen atoms in total. The van der Waals surface area contributed by atoms with Gasteiger partial charge in [0.25, 0.3) is 0 Å². The highest BCUT2D eigenvalue weighted by atomic mass is 127. The first kappa shape index (κ1) is 21.3. The predicted molar refractivity (Wildman–Crippen MR) is 122 cm³/mol. The standard InChI is InChI=1S/C23H28N2O2.HI/c26-22(16-25-13-11-23(17-25)12-14-27-18-23)24-21(20-9-5-2-6-10-20)15-19-7-3-1-4-8-19;/h1-10,21H,11-18H2,(H,24,26);1H. The maximum absolute atomic E-state index is 12.8. The molecule has 2 unspecified atom stereocenters. The predicted octanol–water partition coefficient (Wildman–Crippen LogP) is 3.82. The van der Waals surface area contributed by atoms with Crippen molar-refractivity contribution >= 4 is 29.9 Å². The topological polar surface area (TPSA) is 41.6 Å². The van der Waals surface area contributed by atoms with Crippen molar-refractivity contribution in [2.45, 2.75) is 25.3 Å². The quantitative estimate of drug-likeness (QED) is 0.624. The van der Waals surface area contributed by atoms with Crippen molar-refractivity contribution in [2.75, 3.05) is 32.8 Å². The first-order valence-electron chi connectivity index (χ1n) is 9.91. The summed E-state index contributed by atoms with van der Waals surface area (Å²) in [4.78, 5) is 15.1. The maximum atomic E-state index is 12.8. The number of amides is 1. The zero-order chi connectivity index (χ0) is 18.5. The van der Waals surface area contributed by atoms with Crippen LogP contribution in [-0.2, 0) is 16.0 Å². The van der Waals surface area contributed by atoms with E-state index >= 15 is 0 Å². The van der Waals surface area contributed by atoms with Gasteiger partial charge in [-0.05, 0) is 36.9 Å². The largest absolute Gasteiger partial charge is 0.381 e. The third-order valence-corrected chi connectivity index (χ3v) is 5.89. The van der Waals surface area contributed by atoms with Crippen LogP contribution in [-0.4, -0.2) is 43.7 Å². The molecule has 0 saturated carbocycles. The molecule has 2 aliphatic rings. The number of hydrogen-bond donors (Lipinski definition) is 1. The number of carbonyl (C=O) groups is 1. The molecule has 2 aromatic rings. The summed E-state index contributed by atoms with van der Waals surface area (Å²) in [7, 11) is 0. The SMILES string of the molecule is I.O=C(CN1CCC2(CCOC2)C1)NC(Cc1ccccc1)c1ccccc1. The Labute approximate surface area is 184 Å². The van der Waals surface area contributed by atoms with Gasteiger partial charge in [-0.3, -0.25) is 9.69 Å². The van der Waals surface area contributed by atoms with Gasteiger partial charge in [0.2, 0.25) is 5.91 Å². The molecule has 2 fully saturated rings. The third kappa shape index (κ3) is 5.33. The summed E-state index contributed by atoms with van der Waals surface area (Å²) < 4.78 is 5.60. The lowest BCUT2D eigenvalue weighted by atomic mass is 9.87. The minimum absolute atomic E-state index is 0. The van der Waals surface area contributed by atoms with Crippen molar-refractivity contribution < 1.29 is 9.53 Å². The summed E-state index contributed by atoms with van der Waals surface area (Å²) in [5, 5.41) is 3.28. The summed E-state index contributed by atoms with van der Waals surface area (Å²) in [6.07, 6.45) is 3.08. The number of ether oxygens (including phenoxy) is 1. The fourth-order valence-electron chi connectivity index (χ4n) is 4.36. The monoisotopic (exact) mass is 492 g/mol. The minimum Gasteiger partial charge on any atom is -0.381 e. The highest BCUT2D eigenvalue weighted by Gasteiger charge is 2.41. The Morgan fingerprint density at radius 1 is 1.07 bits per heavy atom. The molecule has 0 bridgehead atoms. The van der Waals surface area contributed by atoms with E-state index in [2.05, 4.69) is 34.5 Å². The molecule has 1 spiro atoms. The van der Waals surface area contributed by atoms with Crippen LogP contribution in [0.3, 0.4) is 0 Å². The summed E-state index contributed by atoms with van der Waals surface area (Å²) in [5.41, 5.74) is 2.68. The van der Waals surface area contributed by atoms with Crippen LogP contribution in [0.1, 0.15) is 30.0 Å². The van der Waals surface area contributed by atoms with Crippen LogP contribution in [0.15, 0.2) is 60.7 Å². The number of rotatable bonds is 6. The van der Waals surface area contributed by atoms with E-state index < -0.39 is 0 Å². The molecule has 2 saturated heterocycles. The smallest absolute Gasteiger partial charge is 0.234 e. The van der Waals surface area contributed by atoms with Gasteiger partial charge in [-0.1, -0.05) is 60.7 Å². The van der Waals surface area contributed by atoms with Gasteiger partial charge < -0.3 is 10.1 Å². The molecule has 2 heterocycles. The molecule has 2 aromatic carbocycles. The lowest BCUT2D eigenvalue weighted by Crippen LogP contribution is -2.39. The van der Waals surface area contributed by atoms with E-state index in [-0.39, 0.29) is 35.9 Å². The zero-order valence-electron chi connectivity index (χ0n) is 16.2. The Balaban J connectivity index is 0.00000225. The van der Waals surface area contributed by atoms with E-state index in [1.54, 1.807) is 0 Å². The summed E-state index contributed by atoms with van der Waals surface area (Å²) >= 11 is 0. The zero-order valence-corrected chi connectivity index (χ0v) is 18.5. The molecule has 0 aliphatic carbocycles. The number of likely N-dealkylation sites (tertiary alicyclic amines) is 1. The Morgan fingerprint density at radius 2 is 1.79 bits per heavy atom. The lowest BCUT2D eigenvalue weighted by Gasteiger charge is -2.24. The lowest BCUT2D eigenvalue weighted by molar-refractivity contribution is -0.122. The Morgan fingerprint density at radius 3 is 2.46 bits per heavy atom. The molecular formula is C23H29IN2O2. The van der Waals surface area contributed by atoms with Gasteiger partial charge >= 0.3 is 0 Å². The molecule has 1 amide bonds. The average molecular weight is 492 g/mol. The molecule has 2 aliphatic heterocycles. The van der Waals surface area contributed by atoms with Crippen molar-refractivity contribution in [3.05, 3.63) is 71.8 Å². The number of hydrogen-bond acceptors (Lipinski definition) is 3. The molecule has 28 heavy (non-hydrogen) atoms. The summed E-state index contributed by atoms with van der Waals surface area (Å²) in [5.74, 6) is 0.107. The molecule has 150 valence electrons. The van der Waals surface area contributed by atoms with E-state index in [9.17, 15) is 4.79 Å². The molecule has 5 heteroatoms. The summed E-state index contributed by atoms with van der Waals surface area (Å²) in [6, 6.07) is 20.6. The number of carbonyl (C=O) groups excluding carboxylic acids is 1. The van der Waals surface area contributed by atoms with Crippen LogP contribution in [0.5, 0.6) is 0 Å². The molecule has 2 atom stereocenters. The second-order valence-electron chi connectivity index (χ2n) is 7.98. The molecular weight excluding hydrogens is 463 g/mol.